The van der Waals surface area contributed by atoms with Gasteiger partial charge >= 0.3 is 0 Å². The monoisotopic (exact) mass is 310 g/mol. The van der Waals surface area contributed by atoms with E-state index in [-0.39, 0.29) is 0 Å². The summed E-state index contributed by atoms with van der Waals surface area (Å²) in [6, 6.07) is 0. The first-order valence-electron chi connectivity index (χ1n) is 8.16. The Balaban J connectivity index is 1.51. The molecule has 2 aliphatic heterocycles. The molecule has 21 heavy (non-hydrogen) atoms. The van der Waals surface area contributed by atoms with Crippen molar-refractivity contribution in [1.82, 2.24) is 20.1 Å². The molecule has 1 N–H and O–H groups in total. The Labute approximate surface area is 131 Å². The lowest BCUT2D eigenvalue weighted by Crippen LogP contribution is -2.29. The van der Waals surface area contributed by atoms with E-state index < -0.39 is 0 Å². The molecule has 3 heterocycles. The Hall–Kier alpha value is -0.590. The average molecular weight is 310 g/mol. The number of ether oxygens (including phenoxy) is 1. The molecule has 1 unspecified atom stereocenters. The molecule has 0 bridgehead atoms. The van der Waals surface area contributed by atoms with Crippen molar-refractivity contribution in [3.63, 3.8) is 0 Å². The molecule has 118 valence electrons. The summed E-state index contributed by atoms with van der Waals surface area (Å²) in [5.41, 5.74) is 0. The van der Waals surface area contributed by atoms with Gasteiger partial charge in [0.2, 0.25) is 0 Å². The highest BCUT2D eigenvalue weighted by Crippen LogP contribution is 2.24. The number of nitrogens with zero attached hydrogens (tertiary/aromatic N) is 3. The van der Waals surface area contributed by atoms with E-state index in [1.54, 1.807) is 11.8 Å². The average Bonchev–Trinajstić information content (AvgIpc) is 2.88. The molecule has 2 fully saturated rings. The lowest BCUT2D eigenvalue weighted by molar-refractivity contribution is 0.0315. The molecule has 5 nitrogen and oxygen atoms in total. The van der Waals surface area contributed by atoms with Crippen LogP contribution in [0.3, 0.4) is 0 Å². The van der Waals surface area contributed by atoms with Gasteiger partial charge in [0.25, 0.3) is 0 Å². The van der Waals surface area contributed by atoms with Gasteiger partial charge in [-0.2, -0.15) is 0 Å². The third kappa shape index (κ3) is 4.20. The maximum atomic E-state index is 5.78. The predicted molar refractivity (Wildman–Crippen MR) is 84.6 cm³/mol. The van der Waals surface area contributed by atoms with Gasteiger partial charge in [0.05, 0.1) is 6.10 Å². The van der Waals surface area contributed by atoms with Crippen LogP contribution in [0.2, 0.25) is 0 Å². The van der Waals surface area contributed by atoms with E-state index in [4.69, 9.17) is 4.74 Å². The molecule has 1 aromatic heterocycles. The van der Waals surface area contributed by atoms with E-state index in [0.29, 0.717) is 6.10 Å². The van der Waals surface area contributed by atoms with Crippen molar-refractivity contribution in [1.29, 1.82) is 0 Å². The van der Waals surface area contributed by atoms with Crippen molar-refractivity contribution in [2.24, 2.45) is 13.0 Å². The van der Waals surface area contributed by atoms with Crippen LogP contribution in [-0.2, 0) is 18.2 Å². The molecule has 6 heteroatoms. The van der Waals surface area contributed by atoms with Crippen LogP contribution < -0.4 is 5.32 Å². The number of piperidine rings is 1. The predicted octanol–water partition coefficient (Wildman–Crippen LogP) is 2.02. The molecule has 2 saturated heterocycles. The van der Waals surface area contributed by atoms with Gasteiger partial charge in [0, 0.05) is 25.8 Å². The van der Waals surface area contributed by atoms with Crippen LogP contribution in [-0.4, -0.2) is 46.3 Å². The number of nitrogens with one attached hydrogen (secondary N) is 1. The third-order valence-corrected chi connectivity index (χ3v) is 5.68. The van der Waals surface area contributed by atoms with Crippen LogP contribution in [0.1, 0.15) is 37.9 Å². The highest BCUT2D eigenvalue weighted by molar-refractivity contribution is 7.99. The van der Waals surface area contributed by atoms with Crippen molar-refractivity contribution in [3.8, 4) is 0 Å². The van der Waals surface area contributed by atoms with Gasteiger partial charge in [-0.3, -0.25) is 0 Å². The van der Waals surface area contributed by atoms with Crippen LogP contribution in [0, 0.1) is 5.92 Å². The van der Waals surface area contributed by atoms with Crippen molar-refractivity contribution >= 4 is 11.8 Å². The highest BCUT2D eigenvalue weighted by atomic mass is 32.2. The Bertz CT molecular complexity index is 439. The highest BCUT2D eigenvalue weighted by Gasteiger charge is 2.19. The van der Waals surface area contributed by atoms with Gasteiger partial charge in [-0.05, 0) is 51.1 Å². The summed E-state index contributed by atoms with van der Waals surface area (Å²) < 4.78 is 7.96. The Morgan fingerprint density at radius 2 is 2.10 bits per heavy atom. The number of aromatic nitrogens is 3. The van der Waals surface area contributed by atoms with Crippen molar-refractivity contribution in [3.05, 3.63) is 5.82 Å². The summed E-state index contributed by atoms with van der Waals surface area (Å²) in [6.45, 7) is 3.21. The van der Waals surface area contributed by atoms with Gasteiger partial charge in [-0.25, -0.2) is 0 Å². The van der Waals surface area contributed by atoms with Gasteiger partial charge in [-0.15, -0.1) is 10.2 Å². The smallest absolute Gasteiger partial charge is 0.191 e. The third-order valence-electron chi connectivity index (χ3n) is 4.53. The molecule has 0 aliphatic carbocycles. The van der Waals surface area contributed by atoms with E-state index in [2.05, 4.69) is 27.1 Å². The van der Waals surface area contributed by atoms with Crippen LogP contribution in [0.25, 0.3) is 0 Å². The van der Waals surface area contributed by atoms with Gasteiger partial charge in [-0.1, -0.05) is 11.8 Å². The SMILES string of the molecule is Cn1c(CC2CCNCC2)nnc1SCC1CCCCO1. The first-order chi connectivity index (χ1) is 10.3. The molecule has 3 rings (SSSR count). The second-order valence-corrected chi connectivity index (χ2v) is 7.14. The molecule has 0 amide bonds. The van der Waals surface area contributed by atoms with E-state index in [9.17, 15) is 0 Å². The van der Waals surface area contributed by atoms with Crippen molar-refractivity contribution in [2.75, 3.05) is 25.4 Å². The second-order valence-electron chi connectivity index (χ2n) is 6.15. The molecule has 0 radical (unpaired) electrons. The van der Waals surface area contributed by atoms with Gasteiger partial charge < -0.3 is 14.6 Å². The summed E-state index contributed by atoms with van der Waals surface area (Å²) in [5.74, 6) is 2.89. The minimum absolute atomic E-state index is 0.397. The summed E-state index contributed by atoms with van der Waals surface area (Å²) >= 11 is 1.79. The minimum atomic E-state index is 0.397. The number of thioether (sulfide) groups is 1. The molecule has 1 atom stereocenters. The zero-order valence-electron chi connectivity index (χ0n) is 12.9. The van der Waals surface area contributed by atoms with E-state index in [1.165, 1.54) is 32.1 Å². The molecule has 0 saturated carbocycles. The molecular weight excluding hydrogens is 284 g/mol. The summed E-state index contributed by atoms with van der Waals surface area (Å²) in [6.07, 6.45) is 7.67. The quantitative estimate of drug-likeness (QED) is 0.843. The Morgan fingerprint density at radius 3 is 2.86 bits per heavy atom. The lowest BCUT2D eigenvalue weighted by atomic mass is 9.94. The van der Waals surface area contributed by atoms with Crippen LogP contribution >= 0.6 is 11.8 Å². The van der Waals surface area contributed by atoms with E-state index in [0.717, 1.165) is 48.8 Å². The van der Waals surface area contributed by atoms with Gasteiger partial charge in [0.1, 0.15) is 5.82 Å². The van der Waals surface area contributed by atoms with E-state index in [1.807, 2.05) is 0 Å². The summed E-state index contributed by atoms with van der Waals surface area (Å²) in [4.78, 5) is 0. The van der Waals surface area contributed by atoms with E-state index >= 15 is 0 Å². The normalized spacial score (nSPS) is 24.3. The molecule has 0 aromatic carbocycles. The molecule has 2 aliphatic rings. The second kappa shape index (κ2) is 7.61. The summed E-state index contributed by atoms with van der Waals surface area (Å²) in [7, 11) is 2.10. The van der Waals surface area contributed by atoms with Crippen molar-refractivity contribution in [2.45, 2.75) is 49.8 Å². The zero-order chi connectivity index (χ0) is 14.5. The number of hydrogen-bond donors (Lipinski definition) is 1. The number of hydrogen-bond acceptors (Lipinski definition) is 5. The number of rotatable bonds is 5. The Kier molecular flexibility index (Phi) is 5.55. The maximum Gasteiger partial charge on any atom is 0.191 e. The minimum Gasteiger partial charge on any atom is -0.377 e. The fourth-order valence-electron chi connectivity index (χ4n) is 3.10. The topological polar surface area (TPSA) is 52.0 Å². The van der Waals surface area contributed by atoms with Crippen molar-refractivity contribution < 1.29 is 4.74 Å². The summed E-state index contributed by atoms with van der Waals surface area (Å²) in [5, 5.41) is 13.2. The molecular formula is C15H26N4OS. The van der Waals surface area contributed by atoms with Crippen LogP contribution in [0.4, 0.5) is 0 Å². The van der Waals surface area contributed by atoms with Crippen LogP contribution in [0.5, 0.6) is 0 Å². The fourth-order valence-corrected chi connectivity index (χ4v) is 4.09. The molecule has 0 spiro atoms. The zero-order valence-corrected chi connectivity index (χ0v) is 13.7. The Morgan fingerprint density at radius 1 is 1.24 bits per heavy atom. The largest absolute Gasteiger partial charge is 0.377 e. The fraction of sp³-hybridized carbons (Fsp3) is 0.867. The standard InChI is InChI=1S/C15H26N4OS/c1-19-14(10-12-5-7-16-8-6-12)17-18-15(19)21-11-13-4-2-3-9-20-13/h12-13,16H,2-11H2,1H3. The first-order valence-corrected chi connectivity index (χ1v) is 9.15. The first kappa shape index (κ1) is 15.3. The van der Waals surface area contributed by atoms with Gasteiger partial charge in [0.15, 0.2) is 5.16 Å². The molecule has 1 aromatic rings. The maximum absolute atomic E-state index is 5.78. The van der Waals surface area contributed by atoms with Crippen LogP contribution in [0.15, 0.2) is 5.16 Å². The lowest BCUT2D eigenvalue weighted by Gasteiger charge is -2.22.